The van der Waals surface area contributed by atoms with Crippen molar-refractivity contribution in [2.45, 2.75) is 77.4 Å². The number of amidine groups is 1. The molecule has 0 spiro atoms. The predicted octanol–water partition coefficient (Wildman–Crippen LogP) is 5.60. The van der Waals surface area contributed by atoms with E-state index in [1.807, 2.05) is 10.8 Å². The first kappa shape index (κ1) is 26.0. The van der Waals surface area contributed by atoms with Crippen molar-refractivity contribution in [2.24, 2.45) is 9.98 Å². The van der Waals surface area contributed by atoms with E-state index in [0.29, 0.717) is 27.7 Å². The van der Waals surface area contributed by atoms with Gasteiger partial charge in [-0.1, -0.05) is 38.8 Å². The van der Waals surface area contributed by atoms with E-state index in [1.165, 1.54) is 18.3 Å². The van der Waals surface area contributed by atoms with Crippen molar-refractivity contribution in [3.05, 3.63) is 44.7 Å². The number of thiazole rings is 1. The average molecular weight is 503 g/mol. The Hall–Kier alpha value is -2.63. The first-order valence-electron chi connectivity index (χ1n) is 11.3. The highest BCUT2D eigenvalue weighted by Gasteiger charge is 2.36. The number of rotatable bonds is 5. The van der Waals surface area contributed by atoms with Gasteiger partial charge in [0, 0.05) is 23.0 Å². The number of nitrogens with zero attached hydrogens (tertiary/aromatic N) is 4. The molecule has 2 aromatic rings. The molecular formula is C25H31ClN4O3S. The molecule has 0 amide bonds. The molecular weight excluding hydrogens is 472 g/mol. The van der Waals surface area contributed by atoms with Gasteiger partial charge >= 0.3 is 5.97 Å². The van der Waals surface area contributed by atoms with Gasteiger partial charge in [-0.15, -0.1) is 11.3 Å². The third-order valence-corrected chi connectivity index (χ3v) is 7.48. The Morgan fingerprint density at radius 2 is 2.00 bits per heavy atom. The third-order valence-electron chi connectivity index (χ3n) is 5.80. The van der Waals surface area contributed by atoms with Crippen molar-refractivity contribution in [1.82, 2.24) is 4.57 Å². The van der Waals surface area contributed by atoms with E-state index in [-0.39, 0.29) is 17.2 Å². The lowest BCUT2D eigenvalue weighted by Gasteiger charge is -2.36. The molecule has 0 aliphatic heterocycles. The van der Waals surface area contributed by atoms with Gasteiger partial charge in [-0.05, 0) is 49.3 Å². The number of carbonyl (C=O) groups is 1. The largest absolute Gasteiger partial charge is 0.496 e. The zero-order chi connectivity index (χ0) is 24.9. The standard InChI is InChI=1S/C25H31ClN4O3S/c1-17(31)33-25(11-7-6-8-12-25)15-30-14-21(24(2,3)4)34-23(30)29-22(28-16-27)19-13-18(26)9-10-20(19)32-5/h9-10,13-14H,6-8,11-12,15H2,1-5H3/b28-22?,29-23-. The quantitative estimate of drug-likeness (QED) is 0.230. The Labute approximate surface area is 209 Å². The molecule has 1 saturated carbocycles. The molecule has 0 N–H and O–H groups in total. The molecule has 7 nitrogen and oxygen atoms in total. The fourth-order valence-corrected chi connectivity index (χ4v) is 5.39. The van der Waals surface area contributed by atoms with Crippen LogP contribution in [0.1, 0.15) is 70.2 Å². The van der Waals surface area contributed by atoms with Crippen LogP contribution in [0.3, 0.4) is 0 Å². The number of carbonyl (C=O) groups excluding carboxylic acids is 1. The van der Waals surface area contributed by atoms with Crippen LogP contribution in [0, 0.1) is 11.5 Å². The summed E-state index contributed by atoms with van der Waals surface area (Å²) in [5.41, 5.74) is -0.155. The van der Waals surface area contributed by atoms with Gasteiger partial charge in [-0.25, -0.2) is 0 Å². The summed E-state index contributed by atoms with van der Waals surface area (Å²) in [6, 6.07) is 5.12. The normalized spacial score (nSPS) is 16.7. The zero-order valence-electron chi connectivity index (χ0n) is 20.4. The second-order valence-corrected chi connectivity index (χ2v) is 11.0. The molecule has 0 saturated heterocycles. The highest BCUT2D eigenvalue weighted by atomic mass is 35.5. The molecule has 0 atom stereocenters. The van der Waals surface area contributed by atoms with Crippen LogP contribution < -0.4 is 9.54 Å². The first-order valence-corrected chi connectivity index (χ1v) is 12.5. The minimum absolute atomic E-state index is 0.109. The number of hydrogen-bond acceptors (Lipinski definition) is 6. The summed E-state index contributed by atoms with van der Waals surface area (Å²) in [4.78, 5) is 22.6. The van der Waals surface area contributed by atoms with Gasteiger partial charge < -0.3 is 14.0 Å². The summed E-state index contributed by atoms with van der Waals surface area (Å²) in [5.74, 6) is 0.454. The summed E-state index contributed by atoms with van der Waals surface area (Å²) in [5, 5.41) is 9.87. The monoisotopic (exact) mass is 502 g/mol. The van der Waals surface area contributed by atoms with E-state index in [1.54, 1.807) is 25.3 Å². The van der Waals surface area contributed by atoms with Gasteiger partial charge in [0.25, 0.3) is 0 Å². The number of aliphatic imine (C=N–C) groups is 1. The number of halogens is 1. The molecule has 0 radical (unpaired) electrons. The summed E-state index contributed by atoms with van der Waals surface area (Å²) < 4.78 is 13.4. The third kappa shape index (κ3) is 6.28. The van der Waals surface area contributed by atoms with Crippen LogP contribution in [0.25, 0.3) is 0 Å². The van der Waals surface area contributed by atoms with Crippen LogP contribution in [-0.2, 0) is 21.5 Å². The maximum atomic E-state index is 12.0. The van der Waals surface area contributed by atoms with Crippen LogP contribution in [0.4, 0.5) is 0 Å². The number of aromatic nitrogens is 1. The van der Waals surface area contributed by atoms with Crippen LogP contribution >= 0.6 is 22.9 Å². The zero-order valence-corrected chi connectivity index (χ0v) is 21.9. The molecule has 1 aromatic carbocycles. The summed E-state index contributed by atoms with van der Waals surface area (Å²) in [6.45, 7) is 8.37. The van der Waals surface area contributed by atoms with E-state index in [0.717, 1.165) is 37.0 Å². The Morgan fingerprint density at radius 3 is 2.59 bits per heavy atom. The van der Waals surface area contributed by atoms with Crippen LogP contribution in [-0.4, -0.2) is 29.1 Å². The molecule has 0 unspecified atom stereocenters. The van der Waals surface area contributed by atoms with Gasteiger partial charge in [-0.3, -0.25) is 4.79 Å². The number of esters is 1. The van der Waals surface area contributed by atoms with Gasteiger partial charge in [0.15, 0.2) is 10.6 Å². The fraction of sp³-hybridized carbons (Fsp3) is 0.520. The Balaban J connectivity index is 2.17. The molecule has 3 rings (SSSR count). The number of benzene rings is 1. The maximum absolute atomic E-state index is 12.0. The second-order valence-electron chi connectivity index (χ2n) is 9.59. The first-order chi connectivity index (χ1) is 16.1. The van der Waals surface area contributed by atoms with Crippen LogP contribution in [0.15, 0.2) is 34.4 Å². The minimum Gasteiger partial charge on any atom is -0.496 e. The molecule has 1 aromatic heterocycles. The van der Waals surface area contributed by atoms with Gasteiger partial charge in [0.05, 0.1) is 19.2 Å². The predicted molar refractivity (Wildman–Crippen MR) is 134 cm³/mol. The molecule has 182 valence electrons. The van der Waals surface area contributed by atoms with Crippen molar-refractivity contribution in [2.75, 3.05) is 7.11 Å². The lowest BCUT2D eigenvalue weighted by Crippen LogP contribution is -2.42. The van der Waals surface area contributed by atoms with E-state index >= 15 is 0 Å². The van der Waals surface area contributed by atoms with Crippen LogP contribution in [0.2, 0.25) is 5.02 Å². The Kier molecular flexibility index (Phi) is 8.21. The van der Waals surface area contributed by atoms with E-state index in [4.69, 9.17) is 26.1 Å². The maximum Gasteiger partial charge on any atom is 0.303 e. The van der Waals surface area contributed by atoms with Gasteiger partial charge in [-0.2, -0.15) is 15.2 Å². The summed E-state index contributed by atoms with van der Waals surface area (Å²) in [7, 11) is 1.55. The van der Waals surface area contributed by atoms with E-state index < -0.39 is 5.60 Å². The second kappa shape index (κ2) is 10.7. The molecule has 1 fully saturated rings. The average Bonchev–Trinajstić information content (AvgIpc) is 3.16. The number of methoxy groups -OCH3 is 1. The van der Waals surface area contributed by atoms with Crippen molar-refractivity contribution in [3.8, 4) is 11.9 Å². The smallest absolute Gasteiger partial charge is 0.303 e. The molecule has 0 bridgehead atoms. The SMILES string of the molecule is COc1ccc(Cl)cc1C(=NC#N)/N=c1\sc(C(C)(C)C)cn1CC1(OC(C)=O)CCCCC1. The minimum atomic E-state index is -0.574. The molecule has 1 aliphatic carbocycles. The lowest BCUT2D eigenvalue weighted by molar-refractivity contribution is -0.162. The van der Waals surface area contributed by atoms with Gasteiger partial charge in [0.2, 0.25) is 6.19 Å². The van der Waals surface area contributed by atoms with Crippen LogP contribution in [0.5, 0.6) is 5.75 Å². The van der Waals surface area contributed by atoms with E-state index in [2.05, 4.69) is 32.0 Å². The highest BCUT2D eigenvalue weighted by molar-refractivity contribution is 7.09. The lowest BCUT2D eigenvalue weighted by atomic mass is 9.84. The summed E-state index contributed by atoms with van der Waals surface area (Å²) in [6.07, 6.45) is 8.69. The molecule has 9 heteroatoms. The fourth-order valence-electron chi connectivity index (χ4n) is 4.17. The number of nitriles is 1. The Bertz CT molecular complexity index is 1180. The van der Waals surface area contributed by atoms with Gasteiger partial charge in [0.1, 0.15) is 11.4 Å². The molecule has 1 heterocycles. The highest BCUT2D eigenvalue weighted by Crippen LogP contribution is 2.34. The summed E-state index contributed by atoms with van der Waals surface area (Å²) >= 11 is 7.76. The number of hydrogen-bond donors (Lipinski definition) is 0. The van der Waals surface area contributed by atoms with Crippen molar-refractivity contribution >= 4 is 34.7 Å². The topological polar surface area (TPSA) is 89.0 Å². The number of ether oxygens (including phenoxy) is 2. The van der Waals surface area contributed by atoms with E-state index in [9.17, 15) is 10.1 Å². The molecule has 1 aliphatic rings. The molecule has 34 heavy (non-hydrogen) atoms. The Morgan fingerprint density at radius 1 is 1.29 bits per heavy atom. The van der Waals surface area contributed by atoms with Crippen molar-refractivity contribution in [1.29, 1.82) is 5.26 Å². The van der Waals surface area contributed by atoms with Crippen molar-refractivity contribution < 1.29 is 14.3 Å². The van der Waals surface area contributed by atoms with Crippen molar-refractivity contribution in [3.63, 3.8) is 0 Å².